The second-order valence-corrected chi connectivity index (χ2v) is 5.77. The zero-order chi connectivity index (χ0) is 18.2. The van der Waals surface area contributed by atoms with Crippen LogP contribution in [0.4, 0.5) is 5.82 Å². The quantitative estimate of drug-likeness (QED) is 0.711. The summed E-state index contributed by atoms with van der Waals surface area (Å²) in [5.74, 6) is 0.485. The Hall–Kier alpha value is -3.28. The van der Waals surface area contributed by atoms with E-state index in [1.54, 1.807) is 17.3 Å². The number of carbonyl (C=O) groups excluding carboxylic acids is 1. The fourth-order valence-electron chi connectivity index (χ4n) is 2.51. The van der Waals surface area contributed by atoms with Crippen molar-refractivity contribution in [1.29, 1.82) is 0 Å². The Balaban J connectivity index is 1.62. The molecule has 0 atom stereocenters. The van der Waals surface area contributed by atoms with Gasteiger partial charge in [-0.1, -0.05) is 36.4 Å². The molecule has 26 heavy (non-hydrogen) atoms. The van der Waals surface area contributed by atoms with Crippen molar-refractivity contribution in [2.24, 2.45) is 0 Å². The Morgan fingerprint density at radius 3 is 2.46 bits per heavy atom. The molecule has 0 fully saturated rings. The lowest BCUT2D eigenvalue weighted by Gasteiger charge is -2.20. The molecular formula is C20H21N5O. The normalized spacial score (nSPS) is 10.3. The number of nitrogens with one attached hydrogen (secondary N) is 1. The summed E-state index contributed by atoms with van der Waals surface area (Å²) in [7, 11) is 0. The second-order valence-electron chi connectivity index (χ2n) is 5.77. The maximum atomic E-state index is 12.7. The molecule has 0 aliphatic rings. The molecule has 3 aromatic rings. The van der Waals surface area contributed by atoms with E-state index in [0.717, 1.165) is 11.3 Å². The molecule has 6 nitrogen and oxygen atoms in total. The fourth-order valence-corrected chi connectivity index (χ4v) is 2.51. The minimum Gasteiger partial charge on any atom is -0.363 e. The second kappa shape index (κ2) is 8.71. The monoisotopic (exact) mass is 347 g/mol. The van der Waals surface area contributed by atoms with Gasteiger partial charge in [0.15, 0.2) is 0 Å². The maximum Gasteiger partial charge on any atom is 0.274 e. The molecule has 0 aliphatic carbocycles. The van der Waals surface area contributed by atoms with E-state index in [9.17, 15) is 4.79 Å². The van der Waals surface area contributed by atoms with Gasteiger partial charge in [-0.3, -0.25) is 9.78 Å². The molecule has 0 unspecified atom stereocenters. The highest BCUT2D eigenvalue weighted by atomic mass is 16.2. The summed E-state index contributed by atoms with van der Waals surface area (Å²) in [6.45, 7) is 3.67. The van der Waals surface area contributed by atoms with E-state index in [2.05, 4.69) is 20.3 Å². The molecule has 0 spiro atoms. The molecule has 2 aromatic heterocycles. The lowest BCUT2D eigenvalue weighted by Crippen LogP contribution is -2.31. The molecule has 2 heterocycles. The van der Waals surface area contributed by atoms with E-state index in [1.165, 1.54) is 6.20 Å². The Kier molecular flexibility index (Phi) is 5.88. The van der Waals surface area contributed by atoms with Gasteiger partial charge in [0.2, 0.25) is 0 Å². The summed E-state index contributed by atoms with van der Waals surface area (Å²) in [6.07, 6.45) is 4.83. The fraction of sp³-hybridized carbons (Fsp3) is 0.200. The van der Waals surface area contributed by atoms with Crippen LogP contribution in [0.1, 0.15) is 28.7 Å². The van der Waals surface area contributed by atoms with Crippen LogP contribution < -0.4 is 5.32 Å². The van der Waals surface area contributed by atoms with Crippen molar-refractivity contribution in [3.8, 4) is 0 Å². The Labute approximate surface area is 153 Å². The summed E-state index contributed by atoms with van der Waals surface area (Å²) >= 11 is 0. The summed E-state index contributed by atoms with van der Waals surface area (Å²) in [4.78, 5) is 27.2. The minimum absolute atomic E-state index is 0.125. The first-order valence-corrected chi connectivity index (χ1v) is 8.55. The molecule has 0 saturated carbocycles. The molecule has 3 rings (SSSR count). The average molecular weight is 347 g/mol. The third-order valence-corrected chi connectivity index (χ3v) is 3.93. The lowest BCUT2D eigenvalue weighted by atomic mass is 10.2. The molecule has 1 N–H and O–H groups in total. The highest BCUT2D eigenvalue weighted by Crippen LogP contribution is 2.10. The number of amides is 1. The first-order chi connectivity index (χ1) is 12.8. The van der Waals surface area contributed by atoms with E-state index in [1.807, 2.05) is 55.5 Å². The van der Waals surface area contributed by atoms with Crippen molar-refractivity contribution in [2.45, 2.75) is 20.0 Å². The van der Waals surface area contributed by atoms with E-state index < -0.39 is 0 Å². The van der Waals surface area contributed by atoms with E-state index in [4.69, 9.17) is 0 Å². The van der Waals surface area contributed by atoms with E-state index >= 15 is 0 Å². The predicted molar refractivity (Wildman–Crippen MR) is 100 cm³/mol. The van der Waals surface area contributed by atoms with Crippen molar-refractivity contribution in [1.82, 2.24) is 19.9 Å². The first kappa shape index (κ1) is 17.5. The molecular weight excluding hydrogens is 326 g/mol. The summed E-state index contributed by atoms with van der Waals surface area (Å²) in [5.41, 5.74) is 2.34. The molecule has 0 bridgehead atoms. The maximum absolute atomic E-state index is 12.7. The van der Waals surface area contributed by atoms with Crippen molar-refractivity contribution >= 4 is 11.7 Å². The van der Waals surface area contributed by atoms with Crippen LogP contribution in [0.5, 0.6) is 0 Å². The van der Waals surface area contributed by atoms with Gasteiger partial charge in [0.1, 0.15) is 11.5 Å². The number of aromatic nitrogens is 3. The van der Waals surface area contributed by atoms with Crippen molar-refractivity contribution < 1.29 is 4.79 Å². The predicted octanol–water partition coefficient (Wildman–Crippen LogP) is 3.15. The number of hydrogen-bond acceptors (Lipinski definition) is 5. The zero-order valence-electron chi connectivity index (χ0n) is 14.7. The number of carbonyl (C=O) groups is 1. The molecule has 132 valence electrons. The van der Waals surface area contributed by atoms with Crippen molar-refractivity contribution in [3.05, 3.63) is 84.1 Å². The molecule has 1 amide bonds. The van der Waals surface area contributed by atoms with E-state index in [0.29, 0.717) is 31.1 Å². The van der Waals surface area contributed by atoms with Gasteiger partial charge in [-0.15, -0.1) is 0 Å². The van der Waals surface area contributed by atoms with Crippen molar-refractivity contribution in [2.75, 3.05) is 11.9 Å². The van der Waals surface area contributed by atoms with Crippen LogP contribution >= 0.6 is 0 Å². The van der Waals surface area contributed by atoms with Gasteiger partial charge in [-0.25, -0.2) is 9.97 Å². The molecule has 6 heteroatoms. The highest BCUT2D eigenvalue weighted by molar-refractivity contribution is 5.92. The van der Waals surface area contributed by atoms with E-state index in [-0.39, 0.29) is 5.91 Å². The van der Waals surface area contributed by atoms with Gasteiger partial charge in [-0.05, 0) is 24.6 Å². The summed E-state index contributed by atoms with van der Waals surface area (Å²) in [5, 5.41) is 3.15. The van der Waals surface area contributed by atoms with Crippen LogP contribution in [0.2, 0.25) is 0 Å². The van der Waals surface area contributed by atoms with Crippen LogP contribution in [-0.4, -0.2) is 32.3 Å². The van der Waals surface area contributed by atoms with Gasteiger partial charge in [0.05, 0.1) is 24.6 Å². The smallest absolute Gasteiger partial charge is 0.274 e. The van der Waals surface area contributed by atoms with Crippen LogP contribution in [0.25, 0.3) is 0 Å². The molecule has 1 aromatic carbocycles. The van der Waals surface area contributed by atoms with Crippen LogP contribution in [-0.2, 0) is 13.1 Å². The molecule has 0 aliphatic heterocycles. The van der Waals surface area contributed by atoms with Crippen molar-refractivity contribution in [3.63, 3.8) is 0 Å². The summed E-state index contributed by atoms with van der Waals surface area (Å²) < 4.78 is 0. The number of benzene rings is 1. The topological polar surface area (TPSA) is 71.0 Å². The largest absolute Gasteiger partial charge is 0.363 e. The third-order valence-electron chi connectivity index (χ3n) is 3.93. The van der Waals surface area contributed by atoms with Gasteiger partial charge in [0.25, 0.3) is 5.91 Å². The van der Waals surface area contributed by atoms with Crippen LogP contribution in [0.3, 0.4) is 0 Å². The summed E-state index contributed by atoms with van der Waals surface area (Å²) in [6, 6.07) is 15.6. The SMILES string of the molecule is CCN(Cc1ccccc1)C(=O)c1cnc(NCc2ccccn2)cn1. The molecule has 0 radical (unpaired) electrons. The first-order valence-electron chi connectivity index (χ1n) is 8.55. The average Bonchev–Trinajstić information content (AvgIpc) is 2.72. The van der Waals surface area contributed by atoms with Gasteiger partial charge in [-0.2, -0.15) is 0 Å². The van der Waals surface area contributed by atoms with Crippen LogP contribution in [0, 0.1) is 0 Å². The number of rotatable bonds is 7. The zero-order valence-corrected chi connectivity index (χ0v) is 14.7. The number of nitrogens with zero attached hydrogens (tertiary/aromatic N) is 4. The highest BCUT2D eigenvalue weighted by Gasteiger charge is 2.16. The van der Waals surface area contributed by atoms with Crippen LogP contribution in [0.15, 0.2) is 67.1 Å². The molecule has 0 saturated heterocycles. The number of pyridine rings is 1. The standard InChI is InChI=1S/C20H21N5O/c1-2-25(15-16-8-4-3-5-9-16)20(26)18-13-24-19(14-22-18)23-12-17-10-6-7-11-21-17/h3-11,13-14H,2,12,15H2,1H3,(H,23,24). The Morgan fingerprint density at radius 2 is 1.81 bits per heavy atom. The van der Waals surface area contributed by atoms with Gasteiger partial charge in [0, 0.05) is 19.3 Å². The Bertz CT molecular complexity index is 822. The van der Waals surface area contributed by atoms with Gasteiger partial charge >= 0.3 is 0 Å². The third kappa shape index (κ3) is 4.63. The number of anilines is 1. The number of hydrogen-bond donors (Lipinski definition) is 1. The lowest BCUT2D eigenvalue weighted by molar-refractivity contribution is 0.0746. The Morgan fingerprint density at radius 1 is 1.00 bits per heavy atom. The minimum atomic E-state index is -0.125. The van der Waals surface area contributed by atoms with Gasteiger partial charge < -0.3 is 10.2 Å².